The van der Waals surface area contributed by atoms with Crippen LogP contribution in [0.15, 0.2) is 24.3 Å². The molecule has 1 aromatic rings. The lowest BCUT2D eigenvalue weighted by Crippen LogP contribution is -2.46. The highest BCUT2D eigenvalue weighted by molar-refractivity contribution is 5.31. The molecular formula is C19H29NO. The van der Waals surface area contributed by atoms with Crippen molar-refractivity contribution in [3.63, 3.8) is 0 Å². The van der Waals surface area contributed by atoms with Gasteiger partial charge in [-0.15, -0.1) is 0 Å². The zero-order chi connectivity index (χ0) is 14.7. The highest BCUT2D eigenvalue weighted by Crippen LogP contribution is 2.47. The first-order chi connectivity index (χ1) is 10.2. The van der Waals surface area contributed by atoms with E-state index in [1.807, 2.05) is 0 Å². The fourth-order valence-corrected chi connectivity index (χ4v) is 4.55. The molecule has 116 valence electrons. The number of benzene rings is 1. The molecule has 1 saturated heterocycles. The van der Waals surface area contributed by atoms with Crippen molar-refractivity contribution < 1.29 is 5.11 Å². The molecule has 0 amide bonds. The summed E-state index contributed by atoms with van der Waals surface area (Å²) in [5.74, 6) is 0.861. The topological polar surface area (TPSA) is 23.5 Å². The summed E-state index contributed by atoms with van der Waals surface area (Å²) >= 11 is 0. The van der Waals surface area contributed by atoms with Crippen molar-refractivity contribution >= 4 is 0 Å². The van der Waals surface area contributed by atoms with E-state index in [1.54, 1.807) is 0 Å². The Morgan fingerprint density at radius 1 is 1.05 bits per heavy atom. The largest absolute Gasteiger partial charge is 0.392 e. The number of aliphatic hydroxyl groups is 1. The van der Waals surface area contributed by atoms with Gasteiger partial charge in [-0.25, -0.2) is 0 Å². The van der Waals surface area contributed by atoms with Crippen LogP contribution in [0, 0.1) is 5.92 Å². The van der Waals surface area contributed by atoms with E-state index in [-0.39, 0.29) is 6.61 Å². The second-order valence-corrected chi connectivity index (χ2v) is 7.15. The lowest BCUT2D eigenvalue weighted by Gasteiger charge is -2.48. The molecule has 1 aliphatic heterocycles. The predicted octanol–water partition coefficient (Wildman–Crippen LogP) is 3.72. The first-order valence-electron chi connectivity index (χ1n) is 8.63. The Morgan fingerprint density at radius 2 is 1.67 bits per heavy atom. The van der Waals surface area contributed by atoms with Gasteiger partial charge in [0.15, 0.2) is 0 Å². The molecule has 0 aromatic heterocycles. The molecule has 0 unspecified atom stereocenters. The summed E-state index contributed by atoms with van der Waals surface area (Å²) in [7, 11) is 2.25. The van der Waals surface area contributed by atoms with Crippen molar-refractivity contribution in [1.29, 1.82) is 0 Å². The third-order valence-corrected chi connectivity index (χ3v) is 5.98. The third-order valence-electron chi connectivity index (χ3n) is 5.98. The Kier molecular flexibility index (Phi) is 4.66. The summed E-state index contributed by atoms with van der Waals surface area (Å²) in [4.78, 5) is 2.48. The van der Waals surface area contributed by atoms with Crippen molar-refractivity contribution in [2.45, 2.75) is 57.0 Å². The molecule has 0 spiro atoms. The molecule has 2 heteroatoms. The van der Waals surface area contributed by atoms with Crippen LogP contribution in [0.5, 0.6) is 0 Å². The average molecular weight is 287 g/mol. The molecule has 0 bridgehead atoms. The van der Waals surface area contributed by atoms with E-state index in [0.717, 1.165) is 11.5 Å². The van der Waals surface area contributed by atoms with Gasteiger partial charge in [-0.05, 0) is 62.9 Å². The number of hydrogen-bond donors (Lipinski definition) is 1. The van der Waals surface area contributed by atoms with Crippen LogP contribution in [-0.4, -0.2) is 30.1 Å². The minimum atomic E-state index is 0.152. The minimum absolute atomic E-state index is 0.152. The SMILES string of the molecule is CN1CCC(c2ccc(CO)cc2)(C2CCCCC2)CC1. The molecule has 3 rings (SSSR count). The van der Waals surface area contributed by atoms with Gasteiger partial charge in [-0.3, -0.25) is 0 Å². The molecule has 2 aliphatic rings. The summed E-state index contributed by atoms with van der Waals surface area (Å²) in [5.41, 5.74) is 2.95. The van der Waals surface area contributed by atoms with Crippen LogP contribution in [0.1, 0.15) is 56.1 Å². The van der Waals surface area contributed by atoms with Crippen molar-refractivity contribution in [2.75, 3.05) is 20.1 Å². The zero-order valence-corrected chi connectivity index (χ0v) is 13.4. The van der Waals surface area contributed by atoms with Gasteiger partial charge < -0.3 is 10.0 Å². The summed E-state index contributed by atoms with van der Waals surface area (Å²) in [6, 6.07) is 8.84. The van der Waals surface area contributed by atoms with E-state index >= 15 is 0 Å². The monoisotopic (exact) mass is 287 g/mol. The number of rotatable bonds is 3. The smallest absolute Gasteiger partial charge is 0.0681 e. The Hall–Kier alpha value is -0.860. The van der Waals surface area contributed by atoms with Crippen molar-refractivity contribution in [3.05, 3.63) is 35.4 Å². The first-order valence-corrected chi connectivity index (χ1v) is 8.63. The number of aliphatic hydroxyl groups excluding tert-OH is 1. The summed E-state index contributed by atoms with van der Waals surface area (Å²) in [6.45, 7) is 2.59. The van der Waals surface area contributed by atoms with Crippen LogP contribution in [0.25, 0.3) is 0 Å². The molecule has 1 aliphatic carbocycles. The molecule has 0 radical (unpaired) electrons. The summed E-state index contributed by atoms with van der Waals surface area (Å²) < 4.78 is 0. The maximum absolute atomic E-state index is 9.28. The van der Waals surface area contributed by atoms with Crippen LogP contribution in [0.2, 0.25) is 0 Å². The Balaban J connectivity index is 1.90. The number of nitrogens with zero attached hydrogens (tertiary/aromatic N) is 1. The normalized spacial score (nSPS) is 24.1. The van der Waals surface area contributed by atoms with Gasteiger partial charge in [0, 0.05) is 5.41 Å². The van der Waals surface area contributed by atoms with Crippen LogP contribution in [0.4, 0.5) is 0 Å². The van der Waals surface area contributed by atoms with E-state index in [1.165, 1.54) is 63.6 Å². The molecule has 2 fully saturated rings. The quantitative estimate of drug-likeness (QED) is 0.916. The predicted molar refractivity (Wildman–Crippen MR) is 87.3 cm³/mol. The highest BCUT2D eigenvalue weighted by atomic mass is 16.3. The zero-order valence-electron chi connectivity index (χ0n) is 13.4. The van der Waals surface area contributed by atoms with Gasteiger partial charge in [0.2, 0.25) is 0 Å². The molecule has 0 atom stereocenters. The third kappa shape index (κ3) is 3.02. The molecule has 2 nitrogen and oxygen atoms in total. The van der Waals surface area contributed by atoms with E-state index in [9.17, 15) is 5.11 Å². The first kappa shape index (κ1) is 15.1. The van der Waals surface area contributed by atoms with Gasteiger partial charge in [0.1, 0.15) is 0 Å². The summed E-state index contributed by atoms with van der Waals surface area (Å²) in [6.07, 6.45) is 9.67. The van der Waals surface area contributed by atoms with Crippen molar-refractivity contribution in [3.8, 4) is 0 Å². The van der Waals surface area contributed by atoms with Gasteiger partial charge in [-0.2, -0.15) is 0 Å². The number of likely N-dealkylation sites (tertiary alicyclic amines) is 1. The lowest BCUT2D eigenvalue weighted by atomic mass is 9.60. The van der Waals surface area contributed by atoms with Gasteiger partial charge in [0.25, 0.3) is 0 Å². The van der Waals surface area contributed by atoms with Crippen molar-refractivity contribution in [2.24, 2.45) is 5.92 Å². The fraction of sp³-hybridized carbons (Fsp3) is 0.684. The van der Waals surface area contributed by atoms with E-state index < -0.39 is 0 Å². The lowest BCUT2D eigenvalue weighted by molar-refractivity contribution is 0.106. The van der Waals surface area contributed by atoms with Crippen LogP contribution >= 0.6 is 0 Å². The Labute approximate surface area is 129 Å². The minimum Gasteiger partial charge on any atom is -0.392 e. The maximum atomic E-state index is 9.28. The second-order valence-electron chi connectivity index (χ2n) is 7.15. The van der Waals surface area contributed by atoms with Gasteiger partial charge >= 0.3 is 0 Å². The Morgan fingerprint density at radius 3 is 2.24 bits per heavy atom. The molecule has 1 N–H and O–H groups in total. The number of hydrogen-bond acceptors (Lipinski definition) is 2. The highest BCUT2D eigenvalue weighted by Gasteiger charge is 2.42. The molecule has 1 saturated carbocycles. The summed E-state index contributed by atoms with van der Waals surface area (Å²) in [5, 5.41) is 9.28. The van der Waals surface area contributed by atoms with Crippen molar-refractivity contribution in [1.82, 2.24) is 4.90 Å². The van der Waals surface area contributed by atoms with E-state index in [2.05, 4.69) is 36.2 Å². The van der Waals surface area contributed by atoms with Crippen LogP contribution in [0.3, 0.4) is 0 Å². The van der Waals surface area contributed by atoms with Gasteiger partial charge in [-0.1, -0.05) is 43.5 Å². The average Bonchev–Trinajstić information content (AvgIpc) is 2.57. The van der Waals surface area contributed by atoms with Crippen LogP contribution < -0.4 is 0 Å². The second kappa shape index (κ2) is 6.50. The van der Waals surface area contributed by atoms with E-state index in [0.29, 0.717) is 5.41 Å². The number of piperidine rings is 1. The van der Waals surface area contributed by atoms with E-state index in [4.69, 9.17) is 0 Å². The van der Waals surface area contributed by atoms with Crippen LogP contribution in [-0.2, 0) is 12.0 Å². The Bertz CT molecular complexity index is 439. The molecule has 1 aromatic carbocycles. The molecule has 1 heterocycles. The fourth-order valence-electron chi connectivity index (χ4n) is 4.55. The maximum Gasteiger partial charge on any atom is 0.0681 e. The molecular weight excluding hydrogens is 258 g/mol. The molecule has 21 heavy (non-hydrogen) atoms. The van der Waals surface area contributed by atoms with Gasteiger partial charge in [0.05, 0.1) is 6.61 Å². The standard InChI is InChI=1S/C19H29NO/c1-20-13-11-19(12-14-20,17-5-3-2-4-6-17)18-9-7-16(15-21)8-10-18/h7-10,17,21H,2-6,11-15H2,1H3.